The number of aryl methyl sites for hydroxylation is 2. The Morgan fingerprint density at radius 1 is 1.09 bits per heavy atom. The van der Waals surface area contributed by atoms with Gasteiger partial charge in [-0.1, -0.05) is 12.8 Å². The molecule has 9 nitrogen and oxygen atoms in total. The average molecular weight is 473 g/mol. The summed E-state index contributed by atoms with van der Waals surface area (Å²) in [6.07, 6.45) is 5.84. The molecule has 0 radical (unpaired) electrons. The second-order valence-electron chi connectivity index (χ2n) is 9.82. The summed E-state index contributed by atoms with van der Waals surface area (Å²) >= 11 is 0. The summed E-state index contributed by atoms with van der Waals surface area (Å²) in [5.74, 6) is 0.830. The van der Waals surface area contributed by atoms with Crippen LogP contribution in [-0.4, -0.2) is 64.3 Å². The molecule has 3 aromatic heterocycles. The molecule has 0 bridgehead atoms. The average Bonchev–Trinajstić information content (AvgIpc) is 3.34. The van der Waals surface area contributed by atoms with E-state index in [4.69, 9.17) is 4.98 Å². The lowest BCUT2D eigenvalue weighted by atomic mass is 10.0. The van der Waals surface area contributed by atoms with Crippen LogP contribution in [0.4, 0.5) is 17.5 Å². The van der Waals surface area contributed by atoms with E-state index in [1.165, 1.54) is 6.92 Å². The molecule has 1 aliphatic heterocycles. The van der Waals surface area contributed by atoms with Crippen molar-refractivity contribution >= 4 is 42.3 Å². The first-order valence-corrected chi connectivity index (χ1v) is 12.4. The van der Waals surface area contributed by atoms with Gasteiger partial charge in [-0.05, 0) is 51.3 Å². The maximum absolute atomic E-state index is 13.5. The molecule has 1 N–H and O–H groups in total. The van der Waals surface area contributed by atoms with Gasteiger partial charge < -0.3 is 15.0 Å². The van der Waals surface area contributed by atoms with E-state index in [-0.39, 0.29) is 22.9 Å². The lowest BCUT2D eigenvalue weighted by Crippen LogP contribution is -2.45. The molecule has 0 spiro atoms. The van der Waals surface area contributed by atoms with Crippen molar-refractivity contribution in [2.24, 2.45) is 0 Å². The fraction of sp³-hybridized carbons (Fsp3) is 0.480. The van der Waals surface area contributed by atoms with Crippen LogP contribution < -0.4 is 15.8 Å². The highest BCUT2D eigenvalue weighted by Crippen LogP contribution is 2.33. The molecule has 2 fully saturated rings. The Labute approximate surface area is 206 Å². The number of Topliss-reactive ketones (excluding diaryl/α,β-unsaturated/α-hetero) is 1. The Morgan fingerprint density at radius 2 is 1.80 bits per heavy atom. The highest BCUT2D eigenvalue weighted by atomic mass is 16.1. The first kappa shape index (κ1) is 23.5. The number of rotatable bonds is 5. The summed E-state index contributed by atoms with van der Waals surface area (Å²) in [6, 6.07) is 4.05. The van der Waals surface area contributed by atoms with Gasteiger partial charge in [0.05, 0.1) is 23.1 Å². The third-order valence-corrected chi connectivity index (χ3v) is 7.38. The Kier molecular flexibility index (Phi) is 6.31. The number of aromatic nitrogens is 4. The highest BCUT2D eigenvalue weighted by Gasteiger charge is 2.27. The van der Waals surface area contributed by atoms with E-state index in [1.807, 2.05) is 26.1 Å². The molecule has 0 amide bonds. The Morgan fingerprint density at radius 3 is 2.43 bits per heavy atom. The molecule has 4 heterocycles. The number of hydrogen-bond donors (Lipinski definition) is 1. The molecular weight excluding hydrogens is 441 g/mol. The largest absolute Gasteiger partial charge is 0.368 e. The number of nitrogens with one attached hydrogen (secondary N) is 1. The van der Waals surface area contributed by atoms with E-state index in [2.05, 4.69) is 39.0 Å². The molecule has 2 aliphatic rings. The molecule has 5 rings (SSSR count). The van der Waals surface area contributed by atoms with Gasteiger partial charge in [0.25, 0.3) is 5.56 Å². The summed E-state index contributed by atoms with van der Waals surface area (Å²) in [4.78, 5) is 44.6. The van der Waals surface area contributed by atoms with Gasteiger partial charge >= 0.3 is 0 Å². The Hall–Kier alpha value is -3.27. The van der Waals surface area contributed by atoms with E-state index in [1.54, 1.807) is 4.57 Å². The molecule has 0 atom stereocenters. The zero-order valence-electron chi connectivity index (χ0n) is 21.0. The quantitative estimate of drug-likeness (QED) is 0.446. The molecule has 182 valence electrons. The SMILES string of the molecule is BN1CCN(c2ccc(Nc3nc(C)c4c(C)c(C(C)=O)c(=O)n(C5CCCC5)c4n3)nc2)CC1. The summed E-state index contributed by atoms with van der Waals surface area (Å²) in [6.45, 7) is 9.23. The number of piperazine rings is 1. The number of hydrogen-bond acceptors (Lipinski definition) is 8. The predicted octanol–water partition coefficient (Wildman–Crippen LogP) is 2.53. The standard InChI is InChI=1S/C25H32BN7O2/c1-15-21-16(2)28-25(29-20-9-8-19(14-27-20)31-10-12-32(26)13-11-31)30-23(21)33(18-6-4-5-7-18)24(35)22(15)17(3)34/h8-9,14,18H,4-7,10-13,26H2,1-3H3,(H,27,28,29,30). The minimum absolute atomic E-state index is 0.0480. The minimum atomic E-state index is -0.242. The van der Waals surface area contributed by atoms with E-state index in [9.17, 15) is 9.59 Å². The fourth-order valence-corrected chi connectivity index (χ4v) is 5.47. The number of carbonyl (C=O) groups is 1. The van der Waals surface area contributed by atoms with Crippen LogP contribution >= 0.6 is 0 Å². The van der Waals surface area contributed by atoms with Crippen LogP contribution in [0, 0.1) is 13.8 Å². The maximum Gasteiger partial charge on any atom is 0.263 e. The molecule has 0 unspecified atom stereocenters. The second-order valence-corrected chi connectivity index (χ2v) is 9.82. The van der Waals surface area contributed by atoms with Crippen molar-refractivity contribution in [3.05, 3.63) is 45.5 Å². The molecule has 35 heavy (non-hydrogen) atoms. The summed E-state index contributed by atoms with van der Waals surface area (Å²) in [7, 11) is 2.14. The number of pyridine rings is 2. The molecule has 0 aromatic carbocycles. The van der Waals surface area contributed by atoms with Gasteiger partial charge in [0, 0.05) is 37.6 Å². The van der Waals surface area contributed by atoms with Gasteiger partial charge in [0.2, 0.25) is 5.95 Å². The molecule has 1 saturated carbocycles. The van der Waals surface area contributed by atoms with Gasteiger partial charge in [-0.15, -0.1) is 0 Å². The van der Waals surface area contributed by atoms with Crippen molar-refractivity contribution in [2.45, 2.75) is 52.5 Å². The van der Waals surface area contributed by atoms with Gasteiger partial charge in [0.15, 0.2) is 13.8 Å². The zero-order chi connectivity index (χ0) is 24.7. The molecule has 3 aromatic rings. The van der Waals surface area contributed by atoms with Crippen LogP contribution in [0.3, 0.4) is 0 Å². The summed E-state index contributed by atoms with van der Waals surface area (Å²) < 4.78 is 1.75. The van der Waals surface area contributed by atoms with E-state index >= 15 is 0 Å². The Bertz CT molecular complexity index is 1320. The van der Waals surface area contributed by atoms with E-state index in [0.29, 0.717) is 23.0 Å². The molecule has 10 heteroatoms. The van der Waals surface area contributed by atoms with Crippen LogP contribution in [-0.2, 0) is 0 Å². The first-order chi connectivity index (χ1) is 16.8. The molecule has 1 aliphatic carbocycles. The number of carbonyl (C=O) groups excluding carboxylic acids is 1. The fourth-order valence-electron chi connectivity index (χ4n) is 5.47. The monoisotopic (exact) mass is 473 g/mol. The predicted molar refractivity (Wildman–Crippen MR) is 141 cm³/mol. The maximum atomic E-state index is 13.5. The van der Waals surface area contributed by atoms with Gasteiger partial charge in [-0.3, -0.25) is 14.2 Å². The van der Waals surface area contributed by atoms with Crippen LogP contribution in [0.15, 0.2) is 23.1 Å². The number of ketones is 1. The van der Waals surface area contributed by atoms with Crippen LogP contribution in [0.25, 0.3) is 11.0 Å². The van der Waals surface area contributed by atoms with Crippen LogP contribution in [0.5, 0.6) is 0 Å². The lowest BCUT2D eigenvalue weighted by Gasteiger charge is -2.34. The third-order valence-electron chi connectivity index (χ3n) is 7.38. The van der Waals surface area contributed by atoms with Gasteiger partial charge in [0.1, 0.15) is 11.5 Å². The van der Waals surface area contributed by atoms with Crippen LogP contribution in [0.1, 0.15) is 60.3 Å². The second kappa shape index (κ2) is 9.41. The summed E-state index contributed by atoms with van der Waals surface area (Å²) in [5.41, 5.74) is 3.09. The number of nitrogens with zero attached hydrogens (tertiary/aromatic N) is 6. The lowest BCUT2D eigenvalue weighted by molar-refractivity contribution is 0.101. The van der Waals surface area contributed by atoms with Crippen molar-refractivity contribution in [2.75, 3.05) is 36.4 Å². The van der Waals surface area contributed by atoms with Crippen LogP contribution in [0.2, 0.25) is 0 Å². The topological polar surface area (TPSA) is 96.2 Å². The van der Waals surface area contributed by atoms with Gasteiger partial charge in [-0.25, -0.2) is 9.97 Å². The molecular formula is C25H32BN7O2. The van der Waals surface area contributed by atoms with Crippen molar-refractivity contribution in [3.8, 4) is 0 Å². The number of anilines is 3. The first-order valence-electron chi connectivity index (χ1n) is 12.4. The van der Waals surface area contributed by atoms with Crippen molar-refractivity contribution in [3.63, 3.8) is 0 Å². The van der Waals surface area contributed by atoms with Crippen molar-refractivity contribution in [1.82, 2.24) is 24.3 Å². The number of fused-ring (bicyclic) bond motifs is 1. The normalized spacial score (nSPS) is 17.3. The van der Waals surface area contributed by atoms with Crippen molar-refractivity contribution in [1.29, 1.82) is 0 Å². The van der Waals surface area contributed by atoms with E-state index < -0.39 is 0 Å². The summed E-state index contributed by atoms with van der Waals surface area (Å²) in [5, 5.41) is 4.01. The zero-order valence-corrected chi connectivity index (χ0v) is 21.0. The smallest absolute Gasteiger partial charge is 0.263 e. The van der Waals surface area contributed by atoms with Gasteiger partial charge in [-0.2, -0.15) is 4.98 Å². The Balaban J connectivity index is 1.52. The highest BCUT2D eigenvalue weighted by molar-refractivity contribution is 6.04. The van der Waals surface area contributed by atoms with Crippen molar-refractivity contribution < 1.29 is 4.79 Å². The third kappa shape index (κ3) is 4.42. The van der Waals surface area contributed by atoms with E-state index in [0.717, 1.165) is 68.6 Å². The molecule has 1 saturated heterocycles. The minimum Gasteiger partial charge on any atom is -0.368 e.